The fraction of sp³-hybridized carbons (Fsp3) is 0.778. The van der Waals surface area contributed by atoms with Gasteiger partial charge in [0.15, 0.2) is 0 Å². The minimum absolute atomic E-state index is 0.00690. The number of nitrogens with zero attached hydrogens (tertiary/aromatic N) is 1. The van der Waals surface area contributed by atoms with Crippen molar-refractivity contribution in [1.29, 1.82) is 0 Å². The molecule has 1 N–H and O–H groups in total. The Kier molecular flexibility index (Phi) is 6.36. The van der Waals surface area contributed by atoms with E-state index < -0.39 is 11.9 Å². The van der Waals surface area contributed by atoms with Crippen molar-refractivity contribution in [3.63, 3.8) is 0 Å². The third kappa shape index (κ3) is 5.11. The summed E-state index contributed by atoms with van der Waals surface area (Å²) in [6, 6.07) is 0. The molecular weight excluding hydrogens is 202 g/mol. The van der Waals surface area contributed by atoms with Gasteiger partial charge < -0.3 is 10.0 Å². The SMILES string of the molecule is CSCCC(=O)N(C)CC(C)C(=O)O. The molecule has 0 aliphatic rings. The van der Waals surface area contributed by atoms with Gasteiger partial charge in [-0.15, -0.1) is 0 Å². The number of carboxylic acid groups (broad SMARTS) is 1. The van der Waals surface area contributed by atoms with Crippen molar-refractivity contribution in [2.45, 2.75) is 13.3 Å². The molecule has 0 spiro atoms. The lowest BCUT2D eigenvalue weighted by Crippen LogP contribution is -2.33. The van der Waals surface area contributed by atoms with E-state index in [1.807, 2.05) is 6.26 Å². The summed E-state index contributed by atoms with van der Waals surface area (Å²) in [5.41, 5.74) is 0. The minimum atomic E-state index is -0.866. The second-order valence-electron chi connectivity index (χ2n) is 3.26. The van der Waals surface area contributed by atoms with Crippen LogP contribution in [0.25, 0.3) is 0 Å². The molecule has 0 aromatic carbocycles. The zero-order valence-corrected chi connectivity index (χ0v) is 9.63. The van der Waals surface area contributed by atoms with Crippen LogP contribution in [-0.2, 0) is 9.59 Å². The molecule has 0 fully saturated rings. The number of aliphatic carboxylic acids is 1. The van der Waals surface area contributed by atoms with Crippen LogP contribution in [0.2, 0.25) is 0 Å². The fourth-order valence-corrected chi connectivity index (χ4v) is 1.35. The molecule has 0 bridgehead atoms. The zero-order valence-electron chi connectivity index (χ0n) is 8.82. The Bertz CT molecular complexity index is 208. The highest BCUT2D eigenvalue weighted by Crippen LogP contribution is 2.03. The van der Waals surface area contributed by atoms with Crippen molar-refractivity contribution in [3.05, 3.63) is 0 Å². The summed E-state index contributed by atoms with van der Waals surface area (Å²) >= 11 is 1.61. The van der Waals surface area contributed by atoms with Crippen LogP contribution < -0.4 is 0 Å². The van der Waals surface area contributed by atoms with E-state index in [0.717, 1.165) is 5.75 Å². The van der Waals surface area contributed by atoms with E-state index in [4.69, 9.17) is 5.11 Å². The van der Waals surface area contributed by atoms with Gasteiger partial charge in [0.05, 0.1) is 5.92 Å². The van der Waals surface area contributed by atoms with Crippen molar-refractivity contribution in [2.75, 3.05) is 25.6 Å². The van der Waals surface area contributed by atoms with Gasteiger partial charge in [-0.1, -0.05) is 6.92 Å². The molecule has 5 heteroatoms. The van der Waals surface area contributed by atoms with Crippen molar-refractivity contribution >= 4 is 23.6 Å². The summed E-state index contributed by atoms with van der Waals surface area (Å²) in [6.45, 7) is 1.88. The van der Waals surface area contributed by atoms with E-state index in [2.05, 4.69) is 0 Å². The van der Waals surface area contributed by atoms with E-state index in [0.29, 0.717) is 6.42 Å². The summed E-state index contributed by atoms with van der Waals surface area (Å²) in [5.74, 6) is -0.579. The Morgan fingerprint density at radius 2 is 2.07 bits per heavy atom. The van der Waals surface area contributed by atoms with Crippen LogP contribution in [-0.4, -0.2) is 47.5 Å². The quantitative estimate of drug-likeness (QED) is 0.721. The maximum atomic E-state index is 11.4. The second kappa shape index (κ2) is 6.70. The number of thioether (sulfide) groups is 1. The number of rotatable bonds is 6. The number of hydrogen-bond donors (Lipinski definition) is 1. The third-order valence-corrected chi connectivity index (χ3v) is 2.53. The van der Waals surface area contributed by atoms with Gasteiger partial charge in [0, 0.05) is 25.8 Å². The van der Waals surface area contributed by atoms with E-state index >= 15 is 0 Å². The maximum absolute atomic E-state index is 11.4. The van der Waals surface area contributed by atoms with Crippen LogP contribution in [0, 0.1) is 5.92 Å². The first-order chi connectivity index (χ1) is 6.49. The zero-order chi connectivity index (χ0) is 11.1. The molecule has 0 radical (unpaired) electrons. The fourth-order valence-electron chi connectivity index (χ4n) is 0.971. The van der Waals surface area contributed by atoms with Crippen LogP contribution >= 0.6 is 11.8 Å². The Hall–Kier alpha value is -0.710. The predicted octanol–water partition coefficient (Wildman–Crippen LogP) is 0.919. The van der Waals surface area contributed by atoms with Crippen LogP contribution in [0.4, 0.5) is 0 Å². The molecule has 4 nitrogen and oxygen atoms in total. The Morgan fingerprint density at radius 3 is 2.50 bits per heavy atom. The van der Waals surface area contributed by atoms with Crippen molar-refractivity contribution in [1.82, 2.24) is 4.90 Å². The lowest BCUT2D eigenvalue weighted by molar-refractivity contribution is -0.142. The molecule has 1 atom stereocenters. The van der Waals surface area contributed by atoms with Gasteiger partial charge in [-0.25, -0.2) is 0 Å². The first-order valence-corrected chi connectivity index (χ1v) is 5.84. The number of carbonyl (C=O) groups excluding carboxylic acids is 1. The monoisotopic (exact) mass is 219 g/mol. The summed E-state index contributed by atoms with van der Waals surface area (Å²) in [7, 11) is 1.64. The molecular formula is C9H17NO3S. The van der Waals surface area contributed by atoms with Gasteiger partial charge in [0.25, 0.3) is 0 Å². The molecule has 1 amide bonds. The minimum Gasteiger partial charge on any atom is -0.481 e. The van der Waals surface area contributed by atoms with Crippen molar-refractivity contribution in [3.8, 4) is 0 Å². The molecule has 0 aromatic heterocycles. The lowest BCUT2D eigenvalue weighted by atomic mass is 10.2. The largest absolute Gasteiger partial charge is 0.481 e. The molecule has 0 aromatic rings. The maximum Gasteiger partial charge on any atom is 0.308 e. The smallest absolute Gasteiger partial charge is 0.308 e. The Morgan fingerprint density at radius 1 is 1.50 bits per heavy atom. The highest BCUT2D eigenvalue weighted by atomic mass is 32.2. The van der Waals surface area contributed by atoms with Gasteiger partial charge in [0.1, 0.15) is 0 Å². The molecule has 0 aliphatic heterocycles. The summed E-state index contributed by atoms with van der Waals surface area (Å²) in [5, 5.41) is 8.65. The molecule has 0 rings (SSSR count). The predicted molar refractivity (Wildman–Crippen MR) is 57.4 cm³/mol. The van der Waals surface area contributed by atoms with E-state index in [1.54, 1.807) is 25.7 Å². The van der Waals surface area contributed by atoms with Gasteiger partial charge in [-0.3, -0.25) is 9.59 Å². The Balaban J connectivity index is 3.88. The van der Waals surface area contributed by atoms with E-state index in [9.17, 15) is 9.59 Å². The average Bonchev–Trinajstić information content (AvgIpc) is 2.13. The molecule has 1 unspecified atom stereocenters. The van der Waals surface area contributed by atoms with Crippen LogP contribution in [0.5, 0.6) is 0 Å². The number of amides is 1. The van der Waals surface area contributed by atoms with Crippen LogP contribution in [0.1, 0.15) is 13.3 Å². The van der Waals surface area contributed by atoms with Crippen molar-refractivity contribution in [2.24, 2.45) is 5.92 Å². The van der Waals surface area contributed by atoms with E-state index in [1.165, 1.54) is 4.90 Å². The van der Waals surface area contributed by atoms with Gasteiger partial charge >= 0.3 is 5.97 Å². The standard InChI is InChI=1S/C9H17NO3S/c1-7(9(12)13)6-10(2)8(11)4-5-14-3/h7H,4-6H2,1-3H3,(H,12,13). The molecule has 0 aliphatic carbocycles. The van der Waals surface area contributed by atoms with Gasteiger partial charge in [-0.05, 0) is 6.26 Å². The number of hydrogen-bond acceptors (Lipinski definition) is 3. The summed E-state index contributed by atoms with van der Waals surface area (Å²) < 4.78 is 0. The van der Waals surface area contributed by atoms with Crippen LogP contribution in [0.15, 0.2) is 0 Å². The van der Waals surface area contributed by atoms with Gasteiger partial charge in [0.2, 0.25) is 5.91 Å². The average molecular weight is 219 g/mol. The third-order valence-electron chi connectivity index (χ3n) is 1.92. The molecule has 82 valence electrons. The highest BCUT2D eigenvalue weighted by molar-refractivity contribution is 7.98. The summed E-state index contributed by atoms with van der Waals surface area (Å²) in [4.78, 5) is 23.4. The second-order valence-corrected chi connectivity index (χ2v) is 4.24. The topological polar surface area (TPSA) is 57.6 Å². The first-order valence-electron chi connectivity index (χ1n) is 4.44. The normalized spacial score (nSPS) is 12.2. The van der Waals surface area contributed by atoms with Crippen molar-refractivity contribution < 1.29 is 14.7 Å². The molecule has 0 saturated heterocycles. The first kappa shape index (κ1) is 13.3. The van der Waals surface area contributed by atoms with Gasteiger partial charge in [-0.2, -0.15) is 11.8 Å². The van der Waals surface area contributed by atoms with Crippen LogP contribution in [0.3, 0.4) is 0 Å². The lowest BCUT2D eigenvalue weighted by Gasteiger charge is -2.19. The summed E-state index contributed by atoms with van der Waals surface area (Å²) in [6.07, 6.45) is 2.41. The highest BCUT2D eigenvalue weighted by Gasteiger charge is 2.16. The molecule has 14 heavy (non-hydrogen) atoms. The van der Waals surface area contributed by atoms with E-state index in [-0.39, 0.29) is 12.5 Å². The number of carbonyl (C=O) groups is 2. The molecule has 0 heterocycles. The Labute approximate surface area is 88.7 Å². The molecule has 0 saturated carbocycles. The number of carboxylic acids is 1.